The van der Waals surface area contributed by atoms with E-state index in [-0.39, 0.29) is 0 Å². The summed E-state index contributed by atoms with van der Waals surface area (Å²) in [4.78, 5) is 21.8. The van der Waals surface area contributed by atoms with Gasteiger partial charge in [0.15, 0.2) is 0 Å². The van der Waals surface area contributed by atoms with E-state index in [0.29, 0.717) is 0 Å². The summed E-state index contributed by atoms with van der Waals surface area (Å²) in [6, 6.07) is -1.57. The van der Waals surface area contributed by atoms with E-state index in [4.69, 9.17) is 5.11 Å². The molecular weight excluding hydrogens is 264 g/mol. The number of nitrogens with one attached hydrogen (secondary N) is 2. The Labute approximate surface area is 106 Å². The Morgan fingerprint density at radius 2 is 1.83 bits per heavy atom. The van der Waals surface area contributed by atoms with E-state index in [1.807, 2.05) is 4.72 Å². The summed E-state index contributed by atoms with van der Waals surface area (Å²) < 4.78 is 31.6. The Balaban J connectivity index is 4.79. The molecule has 0 aliphatic heterocycles. The van der Waals surface area contributed by atoms with Gasteiger partial charge in [-0.2, -0.15) is 17.9 Å². The maximum absolute atomic E-state index is 11.6. The van der Waals surface area contributed by atoms with Gasteiger partial charge >= 0.3 is 11.9 Å². The lowest BCUT2D eigenvalue weighted by Crippen LogP contribution is -2.52. The normalized spacial score (nSPS) is 14.0. The standard InChI is InChI=1S/C9H18N2O6S/c1-9(2,3)11-18(15,16)10-6(8(13)14)5-7(12)17-4/h6,10-11H,5H2,1-4H3,(H,13,14)/t6-/m0/s1. The SMILES string of the molecule is COC(=O)C[C@H](NS(=O)(=O)NC(C)(C)C)C(=O)O. The van der Waals surface area contributed by atoms with Crippen molar-refractivity contribution in [1.82, 2.24) is 9.44 Å². The summed E-state index contributed by atoms with van der Waals surface area (Å²) in [5, 5.41) is 8.82. The van der Waals surface area contributed by atoms with Gasteiger partial charge in [0.25, 0.3) is 10.2 Å². The molecule has 0 bridgehead atoms. The van der Waals surface area contributed by atoms with E-state index in [0.717, 1.165) is 7.11 Å². The minimum atomic E-state index is -4.03. The zero-order chi connectivity index (χ0) is 14.6. The number of ether oxygens (including phenoxy) is 1. The highest BCUT2D eigenvalue weighted by Gasteiger charge is 2.29. The number of methoxy groups -OCH3 is 1. The molecule has 0 saturated carbocycles. The Morgan fingerprint density at radius 1 is 1.33 bits per heavy atom. The van der Waals surface area contributed by atoms with Gasteiger partial charge in [0.1, 0.15) is 6.04 Å². The fourth-order valence-electron chi connectivity index (χ4n) is 1.05. The van der Waals surface area contributed by atoms with E-state index in [1.54, 1.807) is 20.8 Å². The largest absolute Gasteiger partial charge is 0.480 e. The second kappa shape index (κ2) is 6.12. The molecule has 0 aromatic carbocycles. The van der Waals surface area contributed by atoms with Crippen LogP contribution in [0.15, 0.2) is 0 Å². The van der Waals surface area contributed by atoms with Crippen LogP contribution in [0.2, 0.25) is 0 Å². The van der Waals surface area contributed by atoms with Crippen LogP contribution in [-0.2, 0) is 24.5 Å². The van der Waals surface area contributed by atoms with Crippen molar-refractivity contribution in [1.29, 1.82) is 0 Å². The molecule has 0 radical (unpaired) electrons. The van der Waals surface area contributed by atoms with Crippen LogP contribution in [-0.4, -0.2) is 44.2 Å². The molecule has 9 heteroatoms. The van der Waals surface area contributed by atoms with Gasteiger partial charge in [-0.15, -0.1) is 0 Å². The third-order valence-electron chi connectivity index (χ3n) is 1.63. The van der Waals surface area contributed by atoms with Crippen molar-refractivity contribution < 1.29 is 27.9 Å². The molecule has 0 unspecified atom stereocenters. The van der Waals surface area contributed by atoms with Gasteiger partial charge in [0, 0.05) is 5.54 Å². The van der Waals surface area contributed by atoms with Crippen molar-refractivity contribution >= 4 is 22.1 Å². The van der Waals surface area contributed by atoms with E-state index >= 15 is 0 Å². The van der Waals surface area contributed by atoms with Crippen molar-refractivity contribution in [3.8, 4) is 0 Å². The number of carboxylic acids is 1. The molecular formula is C9H18N2O6S. The number of rotatable bonds is 6. The molecule has 3 N–H and O–H groups in total. The van der Waals surface area contributed by atoms with Crippen LogP contribution in [0, 0.1) is 0 Å². The van der Waals surface area contributed by atoms with Gasteiger partial charge < -0.3 is 9.84 Å². The molecule has 0 rings (SSSR count). The van der Waals surface area contributed by atoms with Gasteiger partial charge in [-0.1, -0.05) is 0 Å². The predicted octanol–water partition coefficient (Wildman–Crippen LogP) is -0.775. The first-order valence-corrected chi connectivity index (χ1v) is 6.56. The number of carboxylic acid groups (broad SMARTS) is 1. The summed E-state index contributed by atoms with van der Waals surface area (Å²) in [6.07, 6.45) is -0.586. The summed E-state index contributed by atoms with van der Waals surface area (Å²) in [7, 11) is -2.94. The number of carbonyl (C=O) groups excluding carboxylic acids is 1. The topological polar surface area (TPSA) is 122 Å². The summed E-state index contributed by atoms with van der Waals surface area (Å²) in [5.41, 5.74) is -0.764. The lowest BCUT2D eigenvalue weighted by Gasteiger charge is -2.22. The summed E-state index contributed by atoms with van der Waals surface area (Å²) >= 11 is 0. The zero-order valence-electron chi connectivity index (χ0n) is 10.7. The van der Waals surface area contributed by atoms with Gasteiger partial charge in [-0.3, -0.25) is 9.59 Å². The Bertz CT molecular complexity index is 411. The molecule has 0 heterocycles. The lowest BCUT2D eigenvalue weighted by atomic mass is 10.1. The van der Waals surface area contributed by atoms with Crippen LogP contribution in [0.5, 0.6) is 0 Å². The van der Waals surface area contributed by atoms with Crippen molar-refractivity contribution in [2.45, 2.75) is 38.8 Å². The molecule has 0 aromatic heterocycles. The van der Waals surface area contributed by atoms with Crippen LogP contribution < -0.4 is 9.44 Å². The van der Waals surface area contributed by atoms with Crippen molar-refractivity contribution in [3.05, 3.63) is 0 Å². The molecule has 0 spiro atoms. The summed E-state index contributed by atoms with van der Waals surface area (Å²) in [5.74, 6) is -2.28. The van der Waals surface area contributed by atoms with E-state index in [1.165, 1.54) is 0 Å². The molecule has 18 heavy (non-hydrogen) atoms. The first-order valence-electron chi connectivity index (χ1n) is 5.07. The molecule has 1 atom stereocenters. The van der Waals surface area contributed by atoms with Crippen LogP contribution in [0.3, 0.4) is 0 Å². The van der Waals surface area contributed by atoms with E-state index in [9.17, 15) is 18.0 Å². The second-order valence-corrected chi connectivity index (χ2v) is 6.09. The van der Waals surface area contributed by atoms with Gasteiger partial charge in [0.2, 0.25) is 0 Å². The molecule has 8 nitrogen and oxygen atoms in total. The number of esters is 1. The number of hydrogen-bond donors (Lipinski definition) is 3. The third kappa shape index (κ3) is 7.20. The summed E-state index contributed by atoms with van der Waals surface area (Å²) in [6.45, 7) is 4.80. The molecule has 0 amide bonds. The van der Waals surface area contributed by atoms with Crippen LogP contribution in [0.25, 0.3) is 0 Å². The molecule has 0 aliphatic rings. The quantitative estimate of drug-likeness (QED) is 0.550. The fourth-order valence-corrected chi connectivity index (χ4v) is 2.47. The van der Waals surface area contributed by atoms with Gasteiger partial charge in [-0.05, 0) is 20.8 Å². The Hall–Kier alpha value is -1.19. The number of hydrogen-bond acceptors (Lipinski definition) is 5. The van der Waals surface area contributed by atoms with Crippen LogP contribution in [0.1, 0.15) is 27.2 Å². The van der Waals surface area contributed by atoms with Gasteiger partial charge in [0.05, 0.1) is 13.5 Å². The predicted molar refractivity (Wildman–Crippen MR) is 63.0 cm³/mol. The average Bonchev–Trinajstić information content (AvgIpc) is 2.11. The fraction of sp³-hybridized carbons (Fsp3) is 0.778. The van der Waals surface area contributed by atoms with E-state index in [2.05, 4.69) is 9.46 Å². The highest BCUT2D eigenvalue weighted by Crippen LogP contribution is 2.03. The molecule has 0 saturated heterocycles. The Kier molecular flexibility index (Phi) is 5.71. The van der Waals surface area contributed by atoms with Crippen molar-refractivity contribution in [2.24, 2.45) is 0 Å². The lowest BCUT2D eigenvalue weighted by molar-refractivity contribution is -0.147. The second-order valence-electron chi connectivity index (χ2n) is 4.64. The molecule has 0 fully saturated rings. The smallest absolute Gasteiger partial charge is 0.322 e. The highest BCUT2D eigenvalue weighted by atomic mass is 32.2. The van der Waals surface area contributed by atoms with Crippen LogP contribution >= 0.6 is 0 Å². The average molecular weight is 282 g/mol. The number of carbonyl (C=O) groups is 2. The third-order valence-corrected chi connectivity index (χ3v) is 3.11. The minimum absolute atomic E-state index is 0.586. The first-order chi connectivity index (χ1) is 7.97. The minimum Gasteiger partial charge on any atom is -0.480 e. The van der Waals surface area contributed by atoms with Gasteiger partial charge in [-0.25, -0.2) is 0 Å². The maximum atomic E-state index is 11.6. The van der Waals surface area contributed by atoms with Crippen LogP contribution in [0.4, 0.5) is 0 Å². The molecule has 106 valence electrons. The van der Waals surface area contributed by atoms with E-state index < -0.39 is 40.1 Å². The highest BCUT2D eigenvalue weighted by molar-refractivity contribution is 7.87. The monoisotopic (exact) mass is 282 g/mol. The maximum Gasteiger partial charge on any atom is 0.322 e. The zero-order valence-corrected chi connectivity index (χ0v) is 11.5. The molecule has 0 aromatic rings. The van der Waals surface area contributed by atoms with Crippen molar-refractivity contribution in [2.75, 3.05) is 7.11 Å². The Morgan fingerprint density at radius 3 is 2.17 bits per heavy atom. The number of aliphatic carboxylic acids is 1. The van der Waals surface area contributed by atoms with Crippen molar-refractivity contribution in [3.63, 3.8) is 0 Å². The molecule has 0 aliphatic carbocycles. The first kappa shape index (κ1) is 16.8.